The third kappa shape index (κ3) is 5.14. The van der Waals surface area contributed by atoms with Gasteiger partial charge in [0.1, 0.15) is 0 Å². The van der Waals surface area contributed by atoms with Crippen LogP contribution in [-0.4, -0.2) is 37.6 Å². The fourth-order valence-corrected chi connectivity index (χ4v) is 3.68. The van der Waals surface area contributed by atoms with Crippen molar-refractivity contribution in [3.05, 3.63) is 0 Å². The Balaban J connectivity index is 2.51. The molecule has 0 radical (unpaired) electrons. The van der Waals surface area contributed by atoms with Gasteiger partial charge < -0.3 is 4.90 Å². The minimum atomic E-state index is -3.51. The first-order chi connectivity index (χ1) is 8.19. The fourth-order valence-electron chi connectivity index (χ4n) is 2.36. The Morgan fingerprint density at radius 2 is 1.94 bits per heavy atom. The summed E-state index contributed by atoms with van der Waals surface area (Å²) < 4.78 is 22.0. The van der Waals surface area contributed by atoms with Gasteiger partial charge in [-0.2, -0.15) is 0 Å². The molecule has 1 aliphatic rings. The minimum Gasteiger partial charge on any atom is -0.340 e. The lowest BCUT2D eigenvalue weighted by Crippen LogP contribution is -2.35. The highest BCUT2D eigenvalue weighted by molar-refractivity contribution is 8.13. The summed E-state index contributed by atoms with van der Waals surface area (Å²) in [6.07, 6.45) is 2.34. The van der Waals surface area contributed by atoms with E-state index in [0.29, 0.717) is 18.9 Å². The summed E-state index contributed by atoms with van der Waals surface area (Å²) in [5.74, 6) is 0.412. The molecule has 1 aliphatic heterocycles. The Kier molecular flexibility index (Phi) is 5.46. The summed E-state index contributed by atoms with van der Waals surface area (Å²) in [5.41, 5.74) is 0. The SMILES string of the molecule is CC(C)CCC(C)N1CC(CS(=O)(=O)Cl)CC1=O. The van der Waals surface area contributed by atoms with Crippen molar-refractivity contribution in [1.82, 2.24) is 4.90 Å². The maximum atomic E-state index is 11.8. The Morgan fingerprint density at radius 1 is 1.33 bits per heavy atom. The Morgan fingerprint density at radius 3 is 2.44 bits per heavy atom. The fraction of sp³-hybridized carbons (Fsp3) is 0.917. The number of rotatable bonds is 6. The van der Waals surface area contributed by atoms with Gasteiger partial charge in [0, 0.05) is 35.6 Å². The maximum absolute atomic E-state index is 11.8. The molecule has 1 fully saturated rings. The zero-order chi connectivity index (χ0) is 13.9. The van der Waals surface area contributed by atoms with E-state index in [1.165, 1.54) is 0 Å². The van der Waals surface area contributed by atoms with Crippen molar-refractivity contribution < 1.29 is 13.2 Å². The highest BCUT2D eigenvalue weighted by Gasteiger charge is 2.34. The van der Waals surface area contributed by atoms with Crippen molar-refractivity contribution in [2.75, 3.05) is 12.3 Å². The summed E-state index contributed by atoms with van der Waals surface area (Å²) in [4.78, 5) is 13.6. The molecule has 0 bridgehead atoms. The normalized spacial score (nSPS) is 22.8. The standard InChI is InChI=1S/C12H22ClNO3S/c1-9(2)4-5-10(3)14-7-11(6-12(14)15)8-18(13,16)17/h9-11H,4-8H2,1-3H3. The van der Waals surface area contributed by atoms with Crippen molar-refractivity contribution in [2.24, 2.45) is 11.8 Å². The van der Waals surface area contributed by atoms with Gasteiger partial charge in [0.15, 0.2) is 0 Å². The molecule has 6 heteroatoms. The van der Waals surface area contributed by atoms with Gasteiger partial charge in [0.25, 0.3) is 0 Å². The largest absolute Gasteiger partial charge is 0.340 e. The summed E-state index contributed by atoms with van der Waals surface area (Å²) in [6, 6.07) is 0.183. The topological polar surface area (TPSA) is 54.5 Å². The first-order valence-electron chi connectivity index (χ1n) is 6.41. The first-order valence-corrected chi connectivity index (χ1v) is 8.88. The molecule has 0 aromatic carbocycles. The van der Waals surface area contributed by atoms with Crippen LogP contribution < -0.4 is 0 Å². The van der Waals surface area contributed by atoms with Gasteiger partial charge in [-0.1, -0.05) is 13.8 Å². The molecule has 0 aliphatic carbocycles. The van der Waals surface area contributed by atoms with E-state index in [9.17, 15) is 13.2 Å². The van der Waals surface area contributed by atoms with Crippen LogP contribution >= 0.6 is 10.7 Å². The minimum absolute atomic E-state index is 0.0524. The summed E-state index contributed by atoms with van der Waals surface area (Å²) >= 11 is 0. The van der Waals surface area contributed by atoms with Gasteiger partial charge >= 0.3 is 0 Å². The number of amides is 1. The Hall–Kier alpha value is -0.290. The molecule has 0 spiro atoms. The van der Waals surface area contributed by atoms with E-state index in [0.717, 1.165) is 12.8 Å². The van der Waals surface area contributed by atoms with E-state index < -0.39 is 9.05 Å². The van der Waals surface area contributed by atoms with E-state index in [1.54, 1.807) is 4.90 Å². The Bertz CT molecular complexity index is 394. The van der Waals surface area contributed by atoms with E-state index in [1.807, 2.05) is 6.92 Å². The lowest BCUT2D eigenvalue weighted by atomic mass is 10.0. The number of carbonyl (C=O) groups is 1. The highest BCUT2D eigenvalue weighted by atomic mass is 35.7. The smallest absolute Gasteiger partial charge is 0.232 e. The van der Waals surface area contributed by atoms with Gasteiger partial charge in [0.05, 0.1) is 5.75 Å². The highest BCUT2D eigenvalue weighted by Crippen LogP contribution is 2.24. The molecule has 2 atom stereocenters. The predicted molar refractivity (Wildman–Crippen MR) is 73.0 cm³/mol. The van der Waals surface area contributed by atoms with Gasteiger partial charge in [-0.25, -0.2) is 8.42 Å². The zero-order valence-electron chi connectivity index (χ0n) is 11.2. The Labute approximate surface area is 114 Å². The number of likely N-dealkylation sites (tertiary alicyclic amines) is 1. The van der Waals surface area contributed by atoms with Crippen LogP contribution in [-0.2, 0) is 13.8 Å². The molecular formula is C12H22ClNO3S. The van der Waals surface area contributed by atoms with Crippen LogP contribution in [0, 0.1) is 11.8 Å². The summed E-state index contributed by atoms with van der Waals surface area (Å²) in [6.45, 7) is 6.85. The maximum Gasteiger partial charge on any atom is 0.232 e. The summed E-state index contributed by atoms with van der Waals surface area (Å²) in [5, 5.41) is 0. The van der Waals surface area contributed by atoms with Gasteiger partial charge in [0.2, 0.25) is 15.0 Å². The van der Waals surface area contributed by atoms with Crippen LogP contribution in [0.1, 0.15) is 40.0 Å². The van der Waals surface area contributed by atoms with Crippen molar-refractivity contribution in [1.29, 1.82) is 0 Å². The molecule has 2 unspecified atom stereocenters. The molecule has 0 aromatic heterocycles. The molecule has 18 heavy (non-hydrogen) atoms. The number of nitrogens with zero attached hydrogens (tertiary/aromatic N) is 1. The molecule has 0 aromatic rings. The average molecular weight is 296 g/mol. The first kappa shape index (κ1) is 15.8. The second-order valence-electron chi connectivity index (χ2n) is 5.64. The molecular weight excluding hydrogens is 274 g/mol. The van der Waals surface area contributed by atoms with Gasteiger partial charge in [-0.15, -0.1) is 0 Å². The molecule has 106 valence electrons. The quantitative estimate of drug-likeness (QED) is 0.706. The average Bonchev–Trinajstić information content (AvgIpc) is 2.53. The number of carbonyl (C=O) groups excluding carboxylic acids is 1. The van der Waals surface area contributed by atoms with Crippen molar-refractivity contribution >= 4 is 25.6 Å². The zero-order valence-corrected chi connectivity index (χ0v) is 12.8. The molecule has 4 nitrogen and oxygen atoms in total. The predicted octanol–water partition coefficient (Wildman–Crippen LogP) is 2.23. The van der Waals surface area contributed by atoms with Crippen molar-refractivity contribution in [3.8, 4) is 0 Å². The molecule has 0 saturated carbocycles. The van der Waals surface area contributed by atoms with Crippen LogP contribution in [0.15, 0.2) is 0 Å². The van der Waals surface area contributed by atoms with Gasteiger partial charge in [-0.3, -0.25) is 4.79 Å². The van der Waals surface area contributed by atoms with Crippen LogP contribution in [0.4, 0.5) is 0 Å². The van der Waals surface area contributed by atoms with Crippen LogP contribution in [0.5, 0.6) is 0 Å². The number of hydrogen-bond acceptors (Lipinski definition) is 3. The molecule has 1 heterocycles. The van der Waals surface area contributed by atoms with E-state index in [-0.39, 0.29) is 23.6 Å². The lowest BCUT2D eigenvalue weighted by Gasteiger charge is -2.25. The van der Waals surface area contributed by atoms with E-state index in [4.69, 9.17) is 10.7 Å². The summed E-state index contributed by atoms with van der Waals surface area (Å²) in [7, 11) is 1.72. The van der Waals surface area contributed by atoms with E-state index in [2.05, 4.69) is 13.8 Å². The van der Waals surface area contributed by atoms with Gasteiger partial charge in [-0.05, 0) is 25.7 Å². The van der Waals surface area contributed by atoms with Crippen molar-refractivity contribution in [2.45, 2.75) is 46.1 Å². The van der Waals surface area contributed by atoms with E-state index >= 15 is 0 Å². The third-order valence-electron chi connectivity index (χ3n) is 3.37. The van der Waals surface area contributed by atoms with Crippen molar-refractivity contribution in [3.63, 3.8) is 0 Å². The number of hydrogen-bond donors (Lipinski definition) is 0. The second-order valence-corrected chi connectivity index (χ2v) is 8.46. The third-order valence-corrected chi connectivity index (χ3v) is 4.61. The molecule has 1 saturated heterocycles. The monoisotopic (exact) mass is 295 g/mol. The lowest BCUT2D eigenvalue weighted by molar-refractivity contribution is -0.129. The molecule has 1 rings (SSSR count). The number of halogens is 1. The molecule has 0 N–H and O–H groups in total. The van der Waals surface area contributed by atoms with Crippen LogP contribution in [0.3, 0.4) is 0 Å². The second kappa shape index (κ2) is 6.24. The van der Waals surface area contributed by atoms with Crippen LogP contribution in [0.2, 0.25) is 0 Å². The molecule has 1 amide bonds. The van der Waals surface area contributed by atoms with Crippen LogP contribution in [0.25, 0.3) is 0 Å².